The van der Waals surface area contributed by atoms with Gasteiger partial charge in [0.25, 0.3) is 5.91 Å². The van der Waals surface area contributed by atoms with Crippen LogP contribution >= 0.6 is 11.3 Å². The molecule has 0 unspecified atom stereocenters. The van der Waals surface area contributed by atoms with Gasteiger partial charge in [0.05, 0.1) is 22.1 Å². The molecule has 1 amide bonds. The van der Waals surface area contributed by atoms with Gasteiger partial charge in [0, 0.05) is 20.6 Å². The Kier molecular flexibility index (Phi) is 6.16. The van der Waals surface area contributed by atoms with Crippen LogP contribution in [-0.2, 0) is 10.0 Å². The lowest BCUT2D eigenvalue weighted by molar-refractivity contribution is 0.0960. The van der Waals surface area contributed by atoms with E-state index in [1.807, 2.05) is 0 Å². The van der Waals surface area contributed by atoms with Gasteiger partial charge in [-0.2, -0.15) is 0 Å². The normalized spacial score (nSPS) is 11.0. The number of sulfonamides is 1. The molecule has 20 heavy (non-hydrogen) atoms. The minimum absolute atomic E-state index is 0.0705. The number of amides is 1. The van der Waals surface area contributed by atoms with Crippen molar-refractivity contribution in [3.05, 3.63) is 21.9 Å². The molecule has 0 spiro atoms. The lowest BCUT2D eigenvalue weighted by Crippen LogP contribution is -2.33. The van der Waals surface area contributed by atoms with E-state index >= 15 is 0 Å². The van der Waals surface area contributed by atoms with E-state index in [0.29, 0.717) is 4.88 Å². The van der Waals surface area contributed by atoms with Crippen LogP contribution in [0.1, 0.15) is 14.5 Å². The van der Waals surface area contributed by atoms with E-state index in [-0.39, 0.29) is 24.7 Å². The maximum atomic E-state index is 11.8. The van der Waals surface area contributed by atoms with E-state index in [2.05, 4.69) is 17.2 Å². The highest BCUT2D eigenvalue weighted by Gasteiger charge is 2.14. The van der Waals surface area contributed by atoms with Crippen LogP contribution in [0.3, 0.4) is 0 Å². The standard InChI is InChI=1S/C12H17N3O3S2/c1-15(2)20(17,18)9-8-14-12(16)11-6-5-10(19-11)4-3-7-13/h5-6H,7-9,13H2,1-2H3,(H,14,16). The third-order valence-electron chi connectivity index (χ3n) is 2.35. The van der Waals surface area contributed by atoms with E-state index in [9.17, 15) is 13.2 Å². The van der Waals surface area contributed by atoms with Crippen molar-refractivity contribution in [1.82, 2.24) is 9.62 Å². The van der Waals surface area contributed by atoms with Crippen molar-refractivity contribution < 1.29 is 13.2 Å². The van der Waals surface area contributed by atoms with E-state index in [1.165, 1.54) is 25.4 Å². The Balaban J connectivity index is 2.54. The van der Waals surface area contributed by atoms with Crippen LogP contribution in [0.2, 0.25) is 0 Å². The summed E-state index contributed by atoms with van der Waals surface area (Å²) in [5.74, 6) is 5.11. The van der Waals surface area contributed by atoms with Gasteiger partial charge in [0.15, 0.2) is 0 Å². The van der Waals surface area contributed by atoms with Crippen LogP contribution in [0.15, 0.2) is 12.1 Å². The van der Waals surface area contributed by atoms with Crippen molar-refractivity contribution in [3.63, 3.8) is 0 Å². The van der Waals surface area contributed by atoms with Crippen molar-refractivity contribution in [2.45, 2.75) is 0 Å². The summed E-state index contributed by atoms with van der Waals surface area (Å²) in [7, 11) is -0.383. The third-order valence-corrected chi connectivity index (χ3v) is 5.18. The van der Waals surface area contributed by atoms with Crippen LogP contribution < -0.4 is 11.1 Å². The van der Waals surface area contributed by atoms with Crippen LogP contribution in [-0.4, -0.2) is 51.6 Å². The highest BCUT2D eigenvalue weighted by Crippen LogP contribution is 2.15. The lowest BCUT2D eigenvalue weighted by Gasteiger charge is -2.11. The second-order valence-corrected chi connectivity index (χ2v) is 7.41. The number of nitrogens with one attached hydrogen (secondary N) is 1. The van der Waals surface area contributed by atoms with Crippen LogP contribution in [0.4, 0.5) is 0 Å². The van der Waals surface area contributed by atoms with Gasteiger partial charge in [0.2, 0.25) is 10.0 Å². The average Bonchev–Trinajstić information content (AvgIpc) is 2.84. The predicted molar refractivity (Wildman–Crippen MR) is 80.1 cm³/mol. The number of nitrogens with zero attached hydrogens (tertiary/aromatic N) is 1. The van der Waals surface area contributed by atoms with Gasteiger partial charge in [-0.05, 0) is 12.1 Å². The number of hydrogen-bond acceptors (Lipinski definition) is 5. The number of nitrogens with two attached hydrogens (primary N) is 1. The first-order valence-corrected chi connectivity index (χ1v) is 8.26. The maximum absolute atomic E-state index is 11.8. The Labute approximate surface area is 123 Å². The molecule has 0 saturated heterocycles. The highest BCUT2D eigenvalue weighted by molar-refractivity contribution is 7.89. The molecule has 0 aliphatic heterocycles. The molecule has 0 aliphatic rings. The molecule has 1 aromatic rings. The summed E-state index contributed by atoms with van der Waals surface area (Å²) in [6.45, 7) is 0.336. The Morgan fingerprint density at radius 3 is 2.75 bits per heavy atom. The second kappa shape index (κ2) is 7.40. The summed E-state index contributed by atoms with van der Waals surface area (Å²) in [5, 5.41) is 2.57. The molecule has 1 rings (SSSR count). The largest absolute Gasteiger partial charge is 0.350 e. The Hall–Kier alpha value is -1.40. The Bertz CT molecular complexity index is 624. The predicted octanol–water partition coefficient (Wildman–Crippen LogP) is -0.320. The first kappa shape index (κ1) is 16.7. The number of carbonyl (C=O) groups excluding carboxylic acids is 1. The molecule has 6 nitrogen and oxygen atoms in total. The van der Waals surface area contributed by atoms with Gasteiger partial charge in [-0.15, -0.1) is 11.3 Å². The second-order valence-electron chi connectivity index (χ2n) is 4.02. The van der Waals surface area contributed by atoms with Gasteiger partial charge < -0.3 is 11.1 Å². The zero-order chi connectivity index (χ0) is 15.2. The molecule has 3 N–H and O–H groups in total. The van der Waals surface area contributed by atoms with Gasteiger partial charge in [-0.25, -0.2) is 12.7 Å². The summed E-state index contributed by atoms with van der Waals surface area (Å²) in [6.07, 6.45) is 0. The molecule has 0 bridgehead atoms. The first-order valence-electron chi connectivity index (χ1n) is 5.84. The summed E-state index contributed by atoms with van der Waals surface area (Å²) >= 11 is 1.24. The topological polar surface area (TPSA) is 92.5 Å². The van der Waals surface area contributed by atoms with Crippen molar-refractivity contribution in [3.8, 4) is 11.8 Å². The Morgan fingerprint density at radius 1 is 1.45 bits per heavy atom. The fourth-order valence-electron chi connectivity index (χ4n) is 1.23. The Morgan fingerprint density at radius 2 is 2.15 bits per heavy atom. The number of carbonyl (C=O) groups is 1. The monoisotopic (exact) mass is 315 g/mol. The lowest BCUT2D eigenvalue weighted by atomic mass is 10.4. The zero-order valence-corrected chi connectivity index (χ0v) is 13.0. The van der Waals surface area contributed by atoms with Crippen molar-refractivity contribution in [2.24, 2.45) is 5.73 Å². The zero-order valence-electron chi connectivity index (χ0n) is 11.3. The molecule has 0 aliphatic carbocycles. The number of rotatable bonds is 5. The summed E-state index contributed by atoms with van der Waals surface area (Å²) in [4.78, 5) is 13.1. The van der Waals surface area contributed by atoms with Gasteiger partial charge >= 0.3 is 0 Å². The van der Waals surface area contributed by atoms with Crippen molar-refractivity contribution in [1.29, 1.82) is 0 Å². The molecular weight excluding hydrogens is 298 g/mol. The summed E-state index contributed by atoms with van der Waals surface area (Å²) < 4.78 is 24.2. The summed E-state index contributed by atoms with van der Waals surface area (Å²) in [5.41, 5.74) is 5.26. The van der Waals surface area contributed by atoms with Crippen LogP contribution in [0, 0.1) is 11.8 Å². The smallest absolute Gasteiger partial charge is 0.261 e. The minimum Gasteiger partial charge on any atom is -0.350 e. The molecule has 0 saturated carbocycles. The van der Waals surface area contributed by atoms with E-state index in [1.54, 1.807) is 12.1 Å². The fourth-order valence-corrected chi connectivity index (χ4v) is 2.75. The van der Waals surface area contributed by atoms with Crippen molar-refractivity contribution in [2.75, 3.05) is 32.9 Å². The fraction of sp³-hybridized carbons (Fsp3) is 0.417. The highest BCUT2D eigenvalue weighted by atomic mass is 32.2. The number of hydrogen-bond donors (Lipinski definition) is 2. The quantitative estimate of drug-likeness (QED) is 0.728. The molecule has 0 atom stereocenters. The SMILES string of the molecule is CN(C)S(=O)(=O)CCNC(=O)c1ccc(C#CCN)s1. The third kappa shape index (κ3) is 4.94. The van der Waals surface area contributed by atoms with E-state index < -0.39 is 10.0 Å². The minimum atomic E-state index is -3.30. The molecule has 1 heterocycles. The van der Waals surface area contributed by atoms with Gasteiger partial charge in [-0.1, -0.05) is 11.8 Å². The molecule has 0 aromatic carbocycles. The molecule has 0 radical (unpaired) electrons. The summed E-state index contributed by atoms with van der Waals surface area (Å²) in [6, 6.07) is 3.39. The van der Waals surface area contributed by atoms with E-state index in [0.717, 1.165) is 9.18 Å². The molecular formula is C12H17N3O3S2. The first-order chi connectivity index (χ1) is 9.36. The van der Waals surface area contributed by atoms with Crippen molar-refractivity contribution >= 4 is 27.3 Å². The average molecular weight is 315 g/mol. The molecule has 8 heteroatoms. The number of thiophene rings is 1. The van der Waals surface area contributed by atoms with Gasteiger partial charge in [0.1, 0.15) is 0 Å². The van der Waals surface area contributed by atoms with E-state index in [4.69, 9.17) is 5.73 Å². The maximum Gasteiger partial charge on any atom is 0.261 e. The molecule has 1 aromatic heterocycles. The molecule has 110 valence electrons. The van der Waals surface area contributed by atoms with Crippen LogP contribution in [0.5, 0.6) is 0 Å². The molecule has 0 fully saturated rings. The van der Waals surface area contributed by atoms with Crippen LogP contribution in [0.25, 0.3) is 0 Å². The van der Waals surface area contributed by atoms with Gasteiger partial charge in [-0.3, -0.25) is 4.79 Å².